The van der Waals surface area contributed by atoms with Crippen molar-refractivity contribution in [3.05, 3.63) is 23.8 Å². The molecule has 0 saturated carbocycles. The standard InChI is InChI=1S/C15H24N2O2/c1-17-7-6-13(11-17)10-16-9-12-4-5-14(18-2)15(8-12)19-3/h4-5,8,13,16H,6-7,9-11H2,1-3H3. The second-order valence-corrected chi connectivity index (χ2v) is 5.24. The van der Waals surface area contributed by atoms with Crippen LogP contribution in [0.2, 0.25) is 0 Å². The zero-order valence-corrected chi connectivity index (χ0v) is 12.1. The van der Waals surface area contributed by atoms with Crippen LogP contribution in [0.1, 0.15) is 12.0 Å². The summed E-state index contributed by atoms with van der Waals surface area (Å²) in [6, 6.07) is 6.07. The third-order valence-corrected chi connectivity index (χ3v) is 3.70. The monoisotopic (exact) mass is 264 g/mol. The molecular formula is C15H24N2O2. The van der Waals surface area contributed by atoms with Gasteiger partial charge in [0.2, 0.25) is 0 Å². The van der Waals surface area contributed by atoms with Crippen molar-refractivity contribution < 1.29 is 9.47 Å². The fourth-order valence-corrected chi connectivity index (χ4v) is 2.60. The average molecular weight is 264 g/mol. The van der Waals surface area contributed by atoms with Crippen LogP contribution in [-0.2, 0) is 6.54 Å². The Labute approximate surface area is 115 Å². The number of nitrogens with one attached hydrogen (secondary N) is 1. The Kier molecular flexibility index (Phi) is 5.05. The van der Waals surface area contributed by atoms with Gasteiger partial charge in [-0.25, -0.2) is 0 Å². The number of nitrogens with zero attached hydrogens (tertiary/aromatic N) is 1. The van der Waals surface area contributed by atoms with Crippen molar-refractivity contribution in [2.75, 3.05) is 40.9 Å². The molecule has 0 bridgehead atoms. The van der Waals surface area contributed by atoms with Crippen LogP contribution >= 0.6 is 0 Å². The molecule has 19 heavy (non-hydrogen) atoms. The first-order chi connectivity index (χ1) is 9.22. The highest BCUT2D eigenvalue weighted by molar-refractivity contribution is 5.42. The van der Waals surface area contributed by atoms with Gasteiger partial charge in [0, 0.05) is 13.1 Å². The van der Waals surface area contributed by atoms with Crippen molar-refractivity contribution in [3.63, 3.8) is 0 Å². The van der Waals surface area contributed by atoms with Crippen molar-refractivity contribution in [1.82, 2.24) is 10.2 Å². The number of methoxy groups -OCH3 is 2. The van der Waals surface area contributed by atoms with E-state index in [0.29, 0.717) is 0 Å². The highest BCUT2D eigenvalue weighted by Gasteiger charge is 2.18. The summed E-state index contributed by atoms with van der Waals surface area (Å²) >= 11 is 0. The second kappa shape index (κ2) is 6.78. The molecule has 0 amide bonds. The molecule has 4 nitrogen and oxygen atoms in total. The topological polar surface area (TPSA) is 33.7 Å². The second-order valence-electron chi connectivity index (χ2n) is 5.24. The summed E-state index contributed by atoms with van der Waals surface area (Å²) < 4.78 is 10.5. The van der Waals surface area contributed by atoms with Gasteiger partial charge in [-0.3, -0.25) is 0 Å². The van der Waals surface area contributed by atoms with E-state index in [0.717, 1.165) is 30.5 Å². The van der Waals surface area contributed by atoms with Crippen LogP contribution in [0.4, 0.5) is 0 Å². The molecule has 1 fully saturated rings. The summed E-state index contributed by atoms with van der Waals surface area (Å²) in [5.74, 6) is 2.36. The first kappa shape index (κ1) is 14.2. The van der Waals surface area contributed by atoms with Gasteiger partial charge in [-0.15, -0.1) is 0 Å². The molecule has 1 aliphatic rings. The lowest BCUT2D eigenvalue weighted by Crippen LogP contribution is -2.24. The minimum Gasteiger partial charge on any atom is -0.493 e. The maximum absolute atomic E-state index is 5.31. The number of hydrogen-bond donors (Lipinski definition) is 1. The molecule has 1 aromatic rings. The van der Waals surface area contributed by atoms with Gasteiger partial charge in [0.1, 0.15) is 0 Å². The minimum absolute atomic E-state index is 0.781. The van der Waals surface area contributed by atoms with Crippen LogP contribution in [0, 0.1) is 5.92 Å². The predicted octanol–water partition coefficient (Wildman–Crippen LogP) is 1.75. The molecule has 1 aromatic carbocycles. The third kappa shape index (κ3) is 3.85. The number of likely N-dealkylation sites (tertiary alicyclic amines) is 1. The summed E-state index contributed by atoms with van der Waals surface area (Å²) in [5.41, 5.74) is 1.23. The van der Waals surface area contributed by atoms with Crippen LogP contribution < -0.4 is 14.8 Å². The van der Waals surface area contributed by atoms with E-state index in [4.69, 9.17) is 9.47 Å². The largest absolute Gasteiger partial charge is 0.493 e. The van der Waals surface area contributed by atoms with Gasteiger partial charge in [-0.05, 0) is 50.2 Å². The molecule has 0 aromatic heterocycles. The van der Waals surface area contributed by atoms with Gasteiger partial charge < -0.3 is 19.7 Å². The Hall–Kier alpha value is -1.26. The van der Waals surface area contributed by atoms with Crippen molar-refractivity contribution >= 4 is 0 Å². The Balaban J connectivity index is 1.82. The fraction of sp³-hybridized carbons (Fsp3) is 0.600. The van der Waals surface area contributed by atoms with E-state index < -0.39 is 0 Å². The van der Waals surface area contributed by atoms with Gasteiger partial charge in [0.25, 0.3) is 0 Å². The van der Waals surface area contributed by atoms with Crippen LogP contribution in [-0.4, -0.2) is 45.8 Å². The number of rotatable bonds is 6. The molecule has 1 atom stereocenters. The Bertz CT molecular complexity index is 409. The number of hydrogen-bond acceptors (Lipinski definition) is 4. The minimum atomic E-state index is 0.781. The van der Waals surface area contributed by atoms with E-state index in [2.05, 4.69) is 23.3 Å². The van der Waals surface area contributed by atoms with Gasteiger partial charge >= 0.3 is 0 Å². The maximum atomic E-state index is 5.31. The number of ether oxygens (including phenoxy) is 2. The van der Waals surface area contributed by atoms with Crippen molar-refractivity contribution in [1.29, 1.82) is 0 Å². The summed E-state index contributed by atoms with van der Waals surface area (Å²) in [6.07, 6.45) is 1.30. The summed E-state index contributed by atoms with van der Waals surface area (Å²) in [7, 11) is 5.52. The zero-order chi connectivity index (χ0) is 13.7. The summed E-state index contributed by atoms with van der Waals surface area (Å²) in [4.78, 5) is 2.39. The molecule has 2 rings (SSSR count). The molecule has 1 unspecified atom stereocenters. The molecule has 106 valence electrons. The third-order valence-electron chi connectivity index (χ3n) is 3.70. The molecule has 0 radical (unpaired) electrons. The van der Waals surface area contributed by atoms with E-state index in [1.165, 1.54) is 25.1 Å². The molecule has 0 spiro atoms. The highest BCUT2D eigenvalue weighted by Crippen LogP contribution is 2.27. The molecule has 4 heteroatoms. The zero-order valence-electron chi connectivity index (χ0n) is 12.1. The van der Waals surface area contributed by atoms with Crippen LogP contribution in [0.15, 0.2) is 18.2 Å². The Morgan fingerprint density at radius 2 is 2.05 bits per heavy atom. The lowest BCUT2D eigenvalue weighted by Gasteiger charge is -2.13. The van der Waals surface area contributed by atoms with E-state index >= 15 is 0 Å². The Morgan fingerprint density at radius 1 is 1.26 bits per heavy atom. The van der Waals surface area contributed by atoms with Crippen molar-refractivity contribution in [2.24, 2.45) is 5.92 Å². The summed E-state index contributed by atoms with van der Waals surface area (Å²) in [5, 5.41) is 3.53. The molecule has 1 saturated heterocycles. The maximum Gasteiger partial charge on any atom is 0.161 e. The highest BCUT2D eigenvalue weighted by atomic mass is 16.5. The Morgan fingerprint density at radius 3 is 2.68 bits per heavy atom. The van der Waals surface area contributed by atoms with E-state index in [-0.39, 0.29) is 0 Å². The molecule has 1 aliphatic heterocycles. The quantitative estimate of drug-likeness (QED) is 0.848. The smallest absolute Gasteiger partial charge is 0.161 e. The lowest BCUT2D eigenvalue weighted by molar-refractivity contribution is 0.354. The summed E-state index contributed by atoms with van der Waals surface area (Å²) in [6.45, 7) is 4.39. The number of benzene rings is 1. The fourth-order valence-electron chi connectivity index (χ4n) is 2.60. The molecular weight excluding hydrogens is 240 g/mol. The predicted molar refractivity (Wildman–Crippen MR) is 76.9 cm³/mol. The first-order valence-corrected chi connectivity index (χ1v) is 6.83. The average Bonchev–Trinajstić information content (AvgIpc) is 2.84. The van der Waals surface area contributed by atoms with Gasteiger partial charge in [-0.1, -0.05) is 6.07 Å². The van der Waals surface area contributed by atoms with E-state index in [1.54, 1.807) is 14.2 Å². The molecule has 1 N–H and O–H groups in total. The molecule has 1 heterocycles. The van der Waals surface area contributed by atoms with Crippen molar-refractivity contribution in [3.8, 4) is 11.5 Å². The normalized spacial score (nSPS) is 19.6. The van der Waals surface area contributed by atoms with Crippen molar-refractivity contribution in [2.45, 2.75) is 13.0 Å². The van der Waals surface area contributed by atoms with E-state index in [9.17, 15) is 0 Å². The van der Waals surface area contributed by atoms with E-state index in [1.807, 2.05) is 12.1 Å². The van der Waals surface area contributed by atoms with Gasteiger partial charge in [0.05, 0.1) is 14.2 Å². The van der Waals surface area contributed by atoms with Crippen LogP contribution in [0.5, 0.6) is 11.5 Å². The first-order valence-electron chi connectivity index (χ1n) is 6.83. The molecule has 0 aliphatic carbocycles. The van der Waals surface area contributed by atoms with Gasteiger partial charge in [0.15, 0.2) is 11.5 Å². The lowest BCUT2D eigenvalue weighted by atomic mass is 10.1. The van der Waals surface area contributed by atoms with Gasteiger partial charge in [-0.2, -0.15) is 0 Å². The van der Waals surface area contributed by atoms with Crippen LogP contribution in [0.3, 0.4) is 0 Å². The van der Waals surface area contributed by atoms with Crippen LogP contribution in [0.25, 0.3) is 0 Å². The SMILES string of the molecule is COc1ccc(CNCC2CCN(C)C2)cc1OC.